The Balaban J connectivity index is 0.000000173. The summed E-state index contributed by atoms with van der Waals surface area (Å²) < 4.78 is 0. The van der Waals surface area contributed by atoms with Gasteiger partial charge in [-0.05, 0) is 60.2 Å². The van der Waals surface area contributed by atoms with Crippen molar-refractivity contribution < 1.29 is 14.7 Å². The van der Waals surface area contributed by atoms with Crippen LogP contribution in [0.3, 0.4) is 0 Å². The molecule has 6 fully saturated rings. The minimum Gasteiger partial charge on any atom is -0.481 e. The van der Waals surface area contributed by atoms with E-state index in [0.29, 0.717) is 21.7 Å². The first-order valence-electron chi connectivity index (χ1n) is 9.16. The van der Waals surface area contributed by atoms with Gasteiger partial charge in [0, 0.05) is 0 Å². The van der Waals surface area contributed by atoms with E-state index in [4.69, 9.17) is 10.8 Å². The molecule has 6 aliphatic carbocycles. The predicted molar refractivity (Wildman–Crippen MR) is 99.9 cm³/mol. The number of aliphatic carboxylic acids is 1. The first-order valence-corrected chi connectivity index (χ1v) is 9.16. The fourth-order valence-electron chi connectivity index (χ4n) is 5.66. The van der Waals surface area contributed by atoms with Crippen LogP contribution in [0.15, 0.2) is 0 Å². The molecule has 0 heterocycles. The number of amides is 1. The van der Waals surface area contributed by atoms with Crippen LogP contribution in [0, 0.1) is 32.5 Å². The molecule has 0 aromatic rings. The van der Waals surface area contributed by atoms with Crippen molar-refractivity contribution in [2.45, 2.75) is 87.5 Å². The SMILES string of the molecule is C.CC(C)(C)C12CC(C(=O)O)(C1)C2.CC(C)(C)C12CC(C(N)=O)(C1)C2. The average Bonchev–Trinajstić information content (AvgIpc) is 1.99. The molecule has 144 valence electrons. The van der Waals surface area contributed by atoms with Gasteiger partial charge in [-0.3, -0.25) is 9.59 Å². The lowest BCUT2D eigenvalue weighted by atomic mass is 9.29. The number of primary amides is 1. The van der Waals surface area contributed by atoms with Gasteiger partial charge >= 0.3 is 5.97 Å². The van der Waals surface area contributed by atoms with E-state index in [9.17, 15) is 9.59 Å². The lowest BCUT2D eigenvalue weighted by molar-refractivity contribution is -0.259. The van der Waals surface area contributed by atoms with Crippen LogP contribution in [-0.4, -0.2) is 17.0 Å². The smallest absolute Gasteiger partial charge is 0.309 e. The fourth-order valence-corrected chi connectivity index (χ4v) is 5.66. The van der Waals surface area contributed by atoms with Crippen LogP contribution >= 0.6 is 0 Å². The van der Waals surface area contributed by atoms with Gasteiger partial charge in [0.2, 0.25) is 5.91 Å². The molecular formula is C21H37NO3. The first-order chi connectivity index (χ1) is 10.6. The minimum absolute atomic E-state index is 0. The Kier molecular flexibility index (Phi) is 4.06. The quantitative estimate of drug-likeness (QED) is 0.762. The number of carboxylic acid groups (broad SMARTS) is 1. The third-order valence-electron chi connectivity index (χ3n) is 8.22. The maximum absolute atomic E-state index is 11.0. The number of nitrogens with two attached hydrogens (primary N) is 1. The third-order valence-corrected chi connectivity index (χ3v) is 8.22. The maximum atomic E-state index is 11.0. The number of carbonyl (C=O) groups is 2. The van der Waals surface area contributed by atoms with Crippen molar-refractivity contribution in [3.63, 3.8) is 0 Å². The molecule has 25 heavy (non-hydrogen) atoms. The van der Waals surface area contributed by atoms with Gasteiger partial charge in [0.05, 0.1) is 10.8 Å². The summed E-state index contributed by atoms with van der Waals surface area (Å²) in [5.41, 5.74) is 6.42. The second kappa shape index (κ2) is 5.01. The molecule has 4 nitrogen and oxygen atoms in total. The van der Waals surface area contributed by atoms with E-state index in [2.05, 4.69) is 41.5 Å². The van der Waals surface area contributed by atoms with E-state index in [1.807, 2.05) is 0 Å². The zero-order valence-electron chi connectivity index (χ0n) is 16.1. The molecule has 3 N–H and O–H groups in total. The molecule has 0 aliphatic heterocycles. The van der Waals surface area contributed by atoms with Crippen molar-refractivity contribution in [3.8, 4) is 0 Å². The van der Waals surface area contributed by atoms with Crippen LogP contribution in [0.25, 0.3) is 0 Å². The van der Waals surface area contributed by atoms with Gasteiger partial charge in [-0.25, -0.2) is 0 Å². The second-order valence-corrected chi connectivity index (χ2v) is 11.4. The first kappa shape index (κ1) is 20.3. The van der Waals surface area contributed by atoms with Crippen LogP contribution in [0.1, 0.15) is 87.5 Å². The van der Waals surface area contributed by atoms with Gasteiger partial charge in [0.25, 0.3) is 0 Å². The summed E-state index contributed by atoms with van der Waals surface area (Å²) in [6.07, 6.45) is 5.87. The molecule has 6 saturated carbocycles. The third kappa shape index (κ3) is 2.39. The molecule has 0 aromatic heterocycles. The molecule has 4 bridgehead atoms. The molecule has 0 aromatic carbocycles. The zero-order valence-corrected chi connectivity index (χ0v) is 16.1. The number of carbonyl (C=O) groups excluding carboxylic acids is 1. The molecule has 1 amide bonds. The van der Waals surface area contributed by atoms with Gasteiger partial charge in [-0.2, -0.15) is 0 Å². The van der Waals surface area contributed by atoms with E-state index in [1.54, 1.807) is 0 Å². The topological polar surface area (TPSA) is 80.4 Å². The summed E-state index contributed by atoms with van der Waals surface area (Å²) in [5.74, 6) is -0.651. The van der Waals surface area contributed by atoms with Crippen molar-refractivity contribution in [2.24, 2.45) is 38.2 Å². The van der Waals surface area contributed by atoms with Crippen molar-refractivity contribution in [1.82, 2.24) is 0 Å². The maximum Gasteiger partial charge on any atom is 0.309 e. The van der Waals surface area contributed by atoms with E-state index < -0.39 is 5.97 Å². The van der Waals surface area contributed by atoms with Gasteiger partial charge in [-0.15, -0.1) is 0 Å². The molecule has 4 heteroatoms. The number of carboxylic acids is 1. The van der Waals surface area contributed by atoms with Crippen molar-refractivity contribution in [2.75, 3.05) is 0 Å². The molecule has 0 unspecified atom stereocenters. The molecule has 0 radical (unpaired) electrons. The van der Waals surface area contributed by atoms with E-state index in [0.717, 1.165) is 38.5 Å². The van der Waals surface area contributed by atoms with Crippen LogP contribution < -0.4 is 5.73 Å². The predicted octanol–water partition coefficient (Wildman–Crippen LogP) is 4.61. The van der Waals surface area contributed by atoms with Gasteiger partial charge in [-0.1, -0.05) is 49.0 Å². The van der Waals surface area contributed by atoms with Gasteiger partial charge in [0.1, 0.15) is 0 Å². The van der Waals surface area contributed by atoms with Crippen molar-refractivity contribution >= 4 is 11.9 Å². The summed E-state index contributed by atoms with van der Waals surface area (Å²) in [7, 11) is 0. The highest BCUT2D eigenvalue weighted by Gasteiger charge is 2.75. The second-order valence-electron chi connectivity index (χ2n) is 11.4. The highest BCUT2D eigenvalue weighted by Crippen LogP contribution is 2.79. The normalized spacial score (nSPS) is 42.8. The highest BCUT2D eigenvalue weighted by atomic mass is 16.4. The van der Waals surface area contributed by atoms with Crippen LogP contribution in [0.2, 0.25) is 0 Å². The lowest BCUT2D eigenvalue weighted by Crippen LogP contribution is -2.71. The fraction of sp³-hybridized carbons (Fsp3) is 0.905. The largest absolute Gasteiger partial charge is 0.481 e. The van der Waals surface area contributed by atoms with Crippen LogP contribution in [-0.2, 0) is 9.59 Å². The van der Waals surface area contributed by atoms with Gasteiger partial charge in [0.15, 0.2) is 0 Å². The molecule has 0 atom stereocenters. The standard InChI is InChI=1S/C10H17NO.C10H16O2.CH4/c2*1-8(2,3)10-4-9(5-10,6-10)7(11)12;/h4-6H2,1-3H3,(H2,11,12);4-6H2,1-3H3,(H,11,12);1H4. The van der Waals surface area contributed by atoms with E-state index in [1.165, 1.54) is 0 Å². The Morgan fingerprint density at radius 3 is 1.24 bits per heavy atom. The summed E-state index contributed by atoms with van der Waals surface area (Å²) in [4.78, 5) is 21.8. The Morgan fingerprint density at radius 2 is 1.04 bits per heavy atom. The Morgan fingerprint density at radius 1 is 0.760 bits per heavy atom. The minimum atomic E-state index is -0.575. The summed E-state index contributed by atoms with van der Waals surface area (Å²) >= 11 is 0. The van der Waals surface area contributed by atoms with Crippen LogP contribution in [0.4, 0.5) is 0 Å². The zero-order chi connectivity index (χ0) is 18.4. The molecule has 0 spiro atoms. The Bertz CT molecular complexity index is 512. The van der Waals surface area contributed by atoms with Crippen molar-refractivity contribution in [1.29, 1.82) is 0 Å². The lowest BCUT2D eigenvalue weighted by Gasteiger charge is -2.74. The van der Waals surface area contributed by atoms with Crippen LogP contribution in [0.5, 0.6) is 0 Å². The molecular weight excluding hydrogens is 314 g/mol. The summed E-state index contributed by atoms with van der Waals surface area (Å²) in [5, 5.41) is 8.91. The van der Waals surface area contributed by atoms with E-state index in [-0.39, 0.29) is 24.2 Å². The molecule has 6 rings (SSSR count). The Labute approximate surface area is 152 Å². The summed E-state index contributed by atoms with van der Waals surface area (Å²) in [6.45, 7) is 13.4. The van der Waals surface area contributed by atoms with E-state index >= 15 is 0 Å². The molecule has 0 saturated heterocycles. The monoisotopic (exact) mass is 351 g/mol. The van der Waals surface area contributed by atoms with Gasteiger partial charge < -0.3 is 10.8 Å². The highest BCUT2D eigenvalue weighted by molar-refractivity contribution is 5.85. The number of hydrogen-bond donors (Lipinski definition) is 2. The number of hydrogen-bond acceptors (Lipinski definition) is 2. The summed E-state index contributed by atoms with van der Waals surface area (Å²) in [6, 6.07) is 0. The average molecular weight is 352 g/mol. The number of rotatable bonds is 2. The molecule has 6 aliphatic rings. The van der Waals surface area contributed by atoms with Crippen molar-refractivity contribution in [3.05, 3.63) is 0 Å². The Hall–Kier alpha value is -1.06.